The van der Waals surface area contributed by atoms with Crippen molar-refractivity contribution in [2.24, 2.45) is 0 Å². The molecule has 1 heterocycles. The second kappa shape index (κ2) is 8.58. The first-order valence-corrected chi connectivity index (χ1v) is 11.0. The summed E-state index contributed by atoms with van der Waals surface area (Å²) < 4.78 is 0. The van der Waals surface area contributed by atoms with E-state index in [1.54, 1.807) is 0 Å². The molecule has 0 radical (unpaired) electrons. The second-order valence-electron chi connectivity index (χ2n) is 8.91. The molecule has 0 bridgehead atoms. The number of anilines is 3. The molecule has 0 fully saturated rings. The lowest BCUT2D eigenvalue weighted by molar-refractivity contribution is -0.120. The zero-order valence-corrected chi connectivity index (χ0v) is 20.0. The minimum atomic E-state index is -0.356. The maximum atomic E-state index is 13.7. The van der Waals surface area contributed by atoms with E-state index >= 15 is 0 Å². The van der Waals surface area contributed by atoms with Crippen LogP contribution in [0.3, 0.4) is 0 Å². The van der Waals surface area contributed by atoms with Gasteiger partial charge in [0.2, 0.25) is 0 Å². The molecule has 168 valence electrons. The lowest BCUT2D eigenvalue weighted by Gasteiger charge is -2.18. The standard InChI is InChI=1S/C28H29N3O2/c1-17-13-18(2)15-22(14-17)29-26-25(21-8-7-19(3)20(4)16-21)27(32)31(28(26)33)24-11-9-23(10-12-24)30(5)6/h7-16,29H,1-6H3. The van der Waals surface area contributed by atoms with Gasteiger partial charge in [-0.2, -0.15) is 0 Å². The van der Waals surface area contributed by atoms with E-state index in [1.807, 2.05) is 101 Å². The predicted octanol–water partition coefficient (Wildman–Crippen LogP) is 5.38. The van der Waals surface area contributed by atoms with Gasteiger partial charge in [0.05, 0.1) is 11.3 Å². The van der Waals surface area contributed by atoms with Crippen molar-refractivity contribution in [3.05, 3.63) is 94.2 Å². The van der Waals surface area contributed by atoms with Gasteiger partial charge in [-0.1, -0.05) is 24.3 Å². The number of nitrogens with zero attached hydrogens (tertiary/aromatic N) is 2. The first-order valence-electron chi connectivity index (χ1n) is 11.0. The normalized spacial score (nSPS) is 13.7. The van der Waals surface area contributed by atoms with Crippen LogP contribution in [0.15, 0.2) is 66.4 Å². The van der Waals surface area contributed by atoms with Crippen molar-refractivity contribution in [3.8, 4) is 0 Å². The highest BCUT2D eigenvalue weighted by atomic mass is 16.2. The molecule has 0 saturated carbocycles. The van der Waals surface area contributed by atoms with Crippen LogP contribution in [0.25, 0.3) is 5.57 Å². The average molecular weight is 440 g/mol. The fourth-order valence-electron chi connectivity index (χ4n) is 4.14. The summed E-state index contributed by atoms with van der Waals surface area (Å²) >= 11 is 0. The van der Waals surface area contributed by atoms with Gasteiger partial charge in [-0.3, -0.25) is 9.59 Å². The summed E-state index contributed by atoms with van der Waals surface area (Å²) in [6.45, 7) is 8.06. The summed E-state index contributed by atoms with van der Waals surface area (Å²) in [6.07, 6.45) is 0. The van der Waals surface area contributed by atoms with E-state index in [4.69, 9.17) is 0 Å². The number of nitrogens with one attached hydrogen (secondary N) is 1. The van der Waals surface area contributed by atoms with E-state index in [2.05, 4.69) is 11.4 Å². The van der Waals surface area contributed by atoms with Gasteiger partial charge in [0.15, 0.2) is 0 Å². The molecule has 1 N–H and O–H groups in total. The van der Waals surface area contributed by atoms with Gasteiger partial charge in [-0.05, 0) is 91.9 Å². The molecular weight excluding hydrogens is 410 g/mol. The minimum Gasteiger partial charge on any atom is -0.378 e. The largest absolute Gasteiger partial charge is 0.378 e. The number of hydrogen-bond donors (Lipinski definition) is 1. The van der Waals surface area contributed by atoms with Crippen molar-refractivity contribution < 1.29 is 9.59 Å². The van der Waals surface area contributed by atoms with Crippen LogP contribution in [0.1, 0.15) is 27.8 Å². The van der Waals surface area contributed by atoms with Gasteiger partial charge in [0, 0.05) is 25.5 Å². The molecule has 5 heteroatoms. The zero-order valence-electron chi connectivity index (χ0n) is 20.0. The molecule has 0 aliphatic carbocycles. The first kappa shape index (κ1) is 22.3. The fourth-order valence-corrected chi connectivity index (χ4v) is 4.14. The van der Waals surface area contributed by atoms with Crippen LogP contribution in [-0.2, 0) is 9.59 Å². The Hall–Kier alpha value is -3.86. The Bertz CT molecular complexity index is 1270. The van der Waals surface area contributed by atoms with Gasteiger partial charge >= 0.3 is 0 Å². The number of amides is 2. The van der Waals surface area contributed by atoms with Crippen molar-refractivity contribution in [1.82, 2.24) is 0 Å². The highest BCUT2D eigenvalue weighted by Gasteiger charge is 2.40. The molecule has 3 aromatic carbocycles. The summed E-state index contributed by atoms with van der Waals surface area (Å²) in [4.78, 5) is 30.5. The molecule has 5 nitrogen and oxygen atoms in total. The smallest absolute Gasteiger partial charge is 0.282 e. The van der Waals surface area contributed by atoms with Gasteiger partial charge in [-0.25, -0.2) is 4.90 Å². The maximum absolute atomic E-state index is 13.7. The topological polar surface area (TPSA) is 52.7 Å². The predicted molar refractivity (Wildman–Crippen MR) is 136 cm³/mol. The van der Waals surface area contributed by atoms with Crippen molar-refractivity contribution in [2.45, 2.75) is 27.7 Å². The van der Waals surface area contributed by atoms with E-state index in [9.17, 15) is 9.59 Å². The van der Waals surface area contributed by atoms with E-state index in [1.165, 1.54) is 4.90 Å². The molecule has 2 amide bonds. The van der Waals surface area contributed by atoms with Gasteiger partial charge in [0.1, 0.15) is 5.70 Å². The molecule has 0 saturated heterocycles. The van der Waals surface area contributed by atoms with Crippen LogP contribution >= 0.6 is 0 Å². The molecule has 0 aromatic heterocycles. The molecule has 33 heavy (non-hydrogen) atoms. The first-order chi connectivity index (χ1) is 15.7. The second-order valence-corrected chi connectivity index (χ2v) is 8.91. The van der Waals surface area contributed by atoms with E-state index in [0.29, 0.717) is 17.0 Å². The molecule has 4 rings (SSSR count). The minimum absolute atomic E-state index is 0.296. The van der Waals surface area contributed by atoms with Gasteiger partial charge in [0.25, 0.3) is 11.8 Å². The number of hydrogen-bond acceptors (Lipinski definition) is 4. The van der Waals surface area contributed by atoms with E-state index in [-0.39, 0.29) is 11.8 Å². The van der Waals surface area contributed by atoms with Crippen LogP contribution in [-0.4, -0.2) is 25.9 Å². The van der Waals surface area contributed by atoms with Crippen LogP contribution in [0.2, 0.25) is 0 Å². The Labute approximate surface area is 195 Å². The van der Waals surface area contributed by atoms with Crippen LogP contribution in [0.4, 0.5) is 17.1 Å². The Morgan fingerprint density at radius 2 is 1.36 bits per heavy atom. The Morgan fingerprint density at radius 1 is 0.727 bits per heavy atom. The third-order valence-electron chi connectivity index (χ3n) is 5.99. The van der Waals surface area contributed by atoms with Gasteiger partial charge < -0.3 is 10.2 Å². The van der Waals surface area contributed by atoms with E-state index in [0.717, 1.165) is 39.2 Å². The molecule has 1 aliphatic heterocycles. The van der Waals surface area contributed by atoms with Crippen LogP contribution < -0.4 is 15.1 Å². The quantitative estimate of drug-likeness (QED) is 0.542. The molecule has 0 spiro atoms. The lowest BCUT2D eigenvalue weighted by Crippen LogP contribution is -2.32. The lowest BCUT2D eigenvalue weighted by atomic mass is 9.99. The van der Waals surface area contributed by atoms with Crippen molar-refractivity contribution in [1.29, 1.82) is 0 Å². The van der Waals surface area contributed by atoms with Crippen LogP contribution in [0, 0.1) is 27.7 Å². The summed E-state index contributed by atoms with van der Waals surface area (Å²) in [6, 6.07) is 19.3. The highest BCUT2D eigenvalue weighted by molar-refractivity contribution is 6.46. The summed E-state index contributed by atoms with van der Waals surface area (Å²) in [5.74, 6) is -0.683. The third-order valence-corrected chi connectivity index (χ3v) is 5.99. The van der Waals surface area contributed by atoms with Crippen molar-refractivity contribution in [3.63, 3.8) is 0 Å². The number of aryl methyl sites for hydroxylation is 4. The summed E-state index contributed by atoms with van der Waals surface area (Å²) in [5, 5.41) is 3.27. The monoisotopic (exact) mass is 439 g/mol. The highest BCUT2D eigenvalue weighted by Crippen LogP contribution is 2.35. The fraction of sp³-hybridized carbons (Fsp3) is 0.214. The van der Waals surface area contributed by atoms with Crippen molar-refractivity contribution in [2.75, 3.05) is 29.2 Å². The third kappa shape index (κ3) is 4.27. The zero-order chi connectivity index (χ0) is 23.9. The molecular formula is C28H29N3O2. The number of carbonyl (C=O) groups excluding carboxylic acids is 2. The van der Waals surface area contributed by atoms with Crippen molar-refractivity contribution >= 4 is 34.4 Å². The van der Waals surface area contributed by atoms with E-state index < -0.39 is 0 Å². The number of rotatable bonds is 5. The average Bonchev–Trinajstić information content (AvgIpc) is 2.99. The number of carbonyl (C=O) groups is 2. The molecule has 0 atom stereocenters. The maximum Gasteiger partial charge on any atom is 0.282 e. The SMILES string of the molecule is Cc1cc(C)cc(NC2=C(c3ccc(C)c(C)c3)C(=O)N(c3ccc(N(C)C)cc3)C2=O)c1. The Kier molecular flexibility index (Phi) is 5.81. The van der Waals surface area contributed by atoms with Crippen LogP contribution in [0.5, 0.6) is 0 Å². The number of imide groups is 1. The Balaban J connectivity index is 1.82. The molecule has 1 aliphatic rings. The molecule has 3 aromatic rings. The molecule has 0 unspecified atom stereocenters. The Morgan fingerprint density at radius 3 is 1.94 bits per heavy atom. The summed E-state index contributed by atoms with van der Waals surface area (Å²) in [5.41, 5.74) is 8.12. The summed E-state index contributed by atoms with van der Waals surface area (Å²) in [7, 11) is 3.90. The van der Waals surface area contributed by atoms with Gasteiger partial charge in [-0.15, -0.1) is 0 Å². The number of benzene rings is 3.